The molecule has 6 rings (SSSR count). The first-order valence-corrected chi connectivity index (χ1v) is 11.3. The third-order valence-electron chi connectivity index (χ3n) is 7.04. The molecule has 0 aliphatic heterocycles. The van der Waals surface area contributed by atoms with Crippen LogP contribution in [-0.4, -0.2) is 9.97 Å². The van der Waals surface area contributed by atoms with E-state index in [4.69, 9.17) is 14.4 Å². The first kappa shape index (κ1) is 19.2. The Morgan fingerprint density at radius 1 is 0.844 bits per heavy atom. The number of benzene rings is 2. The molecule has 3 heteroatoms. The third kappa shape index (κ3) is 2.48. The van der Waals surface area contributed by atoms with E-state index in [-0.39, 0.29) is 5.41 Å². The molecule has 0 bridgehead atoms. The summed E-state index contributed by atoms with van der Waals surface area (Å²) >= 11 is 0. The van der Waals surface area contributed by atoms with Crippen LogP contribution in [0.5, 0.6) is 0 Å². The van der Waals surface area contributed by atoms with Gasteiger partial charge in [0.15, 0.2) is 0 Å². The van der Waals surface area contributed by atoms with Crippen LogP contribution in [0.15, 0.2) is 65.3 Å². The van der Waals surface area contributed by atoms with Crippen molar-refractivity contribution in [3.8, 4) is 22.4 Å². The van der Waals surface area contributed by atoms with Gasteiger partial charge in [0.05, 0.1) is 11.4 Å². The first-order chi connectivity index (χ1) is 15.4. The van der Waals surface area contributed by atoms with E-state index in [9.17, 15) is 0 Å². The van der Waals surface area contributed by atoms with Crippen LogP contribution in [0.4, 0.5) is 0 Å². The van der Waals surface area contributed by atoms with Crippen molar-refractivity contribution in [3.63, 3.8) is 0 Å². The third-order valence-corrected chi connectivity index (χ3v) is 7.04. The second kappa shape index (κ2) is 6.52. The van der Waals surface area contributed by atoms with E-state index in [0.29, 0.717) is 5.92 Å². The molecule has 3 aromatic heterocycles. The zero-order valence-corrected chi connectivity index (χ0v) is 19.2. The van der Waals surface area contributed by atoms with Crippen molar-refractivity contribution in [2.45, 2.75) is 46.0 Å². The minimum absolute atomic E-state index is 0.218. The molecule has 0 radical (unpaired) electrons. The maximum atomic E-state index is 6.76. The molecule has 3 nitrogen and oxygen atoms in total. The standard InChI is InChI=1S/C29H26N2O/c1-16(2)18-12-14-30-23(15-18)24-17(3)8-9-20-21-11-10-19-22-7-6-13-31-28(22)29(4,5)25(19)27(21)32-26(20)24/h6-16H,1-5H3. The van der Waals surface area contributed by atoms with Crippen molar-refractivity contribution in [2.75, 3.05) is 0 Å². The highest BCUT2D eigenvalue weighted by molar-refractivity contribution is 6.12. The summed E-state index contributed by atoms with van der Waals surface area (Å²) in [5.41, 5.74) is 11.0. The van der Waals surface area contributed by atoms with Gasteiger partial charge in [-0.25, -0.2) is 0 Å². The molecule has 2 aromatic carbocycles. The highest BCUT2D eigenvalue weighted by Gasteiger charge is 2.39. The Hall–Kier alpha value is -3.46. The summed E-state index contributed by atoms with van der Waals surface area (Å²) in [6, 6.07) is 17.3. The van der Waals surface area contributed by atoms with Gasteiger partial charge in [-0.3, -0.25) is 9.97 Å². The Bertz CT molecular complexity index is 1540. The van der Waals surface area contributed by atoms with E-state index >= 15 is 0 Å². The molecule has 0 saturated carbocycles. The summed E-state index contributed by atoms with van der Waals surface area (Å²) in [5.74, 6) is 0.446. The van der Waals surface area contributed by atoms with Gasteiger partial charge in [0.2, 0.25) is 0 Å². The minimum Gasteiger partial charge on any atom is -0.455 e. The lowest BCUT2D eigenvalue weighted by Crippen LogP contribution is -2.16. The summed E-state index contributed by atoms with van der Waals surface area (Å²) < 4.78 is 6.76. The van der Waals surface area contributed by atoms with E-state index in [1.54, 1.807) is 0 Å². The van der Waals surface area contributed by atoms with Crippen molar-refractivity contribution in [3.05, 3.63) is 83.3 Å². The van der Waals surface area contributed by atoms with Crippen molar-refractivity contribution < 1.29 is 4.42 Å². The molecule has 0 atom stereocenters. The van der Waals surface area contributed by atoms with E-state index in [1.165, 1.54) is 27.8 Å². The molecular weight excluding hydrogens is 392 g/mol. The van der Waals surface area contributed by atoms with E-state index in [2.05, 4.69) is 77.1 Å². The van der Waals surface area contributed by atoms with Crippen LogP contribution < -0.4 is 0 Å². The summed E-state index contributed by atoms with van der Waals surface area (Å²) in [6.07, 6.45) is 3.80. The molecule has 0 saturated heterocycles. The van der Waals surface area contributed by atoms with Gasteiger partial charge in [-0.15, -0.1) is 0 Å². The quantitative estimate of drug-likeness (QED) is 0.294. The fourth-order valence-electron chi connectivity index (χ4n) is 5.35. The monoisotopic (exact) mass is 418 g/mol. The molecular formula is C29H26N2O. The van der Waals surface area contributed by atoms with Gasteiger partial charge in [0.25, 0.3) is 0 Å². The zero-order valence-electron chi connectivity index (χ0n) is 19.2. The topological polar surface area (TPSA) is 38.9 Å². The van der Waals surface area contributed by atoms with Gasteiger partial charge in [-0.05, 0) is 67.6 Å². The van der Waals surface area contributed by atoms with Crippen LogP contribution >= 0.6 is 0 Å². The molecule has 1 aliphatic rings. The number of pyridine rings is 2. The maximum Gasteiger partial charge on any atom is 0.145 e. The normalized spacial score (nSPS) is 14.3. The van der Waals surface area contributed by atoms with E-state index in [1.807, 2.05) is 18.5 Å². The predicted molar refractivity (Wildman–Crippen MR) is 131 cm³/mol. The molecule has 5 aromatic rings. The number of nitrogens with zero attached hydrogens (tertiary/aromatic N) is 2. The highest BCUT2D eigenvalue weighted by Crippen LogP contribution is 2.52. The molecule has 1 aliphatic carbocycles. The van der Waals surface area contributed by atoms with Crippen LogP contribution in [0.3, 0.4) is 0 Å². The van der Waals surface area contributed by atoms with Gasteiger partial charge in [0.1, 0.15) is 11.2 Å². The van der Waals surface area contributed by atoms with Crippen LogP contribution in [-0.2, 0) is 5.41 Å². The Kier molecular flexibility index (Phi) is 3.92. The average molecular weight is 419 g/mol. The number of aromatic nitrogens is 2. The number of rotatable bonds is 2. The van der Waals surface area contributed by atoms with Crippen LogP contribution in [0.25, 0.3) is 44.3 Å². The largest absolute Gasteiger partial charge is 0.455 e. The lowest BCUT2D eigenvalue weighted by molar-refractivity contribution is 0.608. The number of hydrogen-bond acceptors (Lipinski definition) is 3. The SMILES string of the molecule is Cc1ccc2c(oc3c4c(ccc32)-c2cccnc2C4(C)C)c1-c1cc(C(C)C)ccn1. The van der Waals surface area contributed by atoms with Crippen molar-refractivity contribution in [2.24, 2.45) is 0 Å². The predicted octanol–water partition coefficient (Wildman–Crippen LogP) is 7.78. The Labute approximate surface area is 188 Å². The fraction of sp³-hybridized carbons (Fsp3) is 0.241. The van der Waals surface area contributed by atoms with E-state index in [0.717, 1.165) is 38.9 Å². The van der Waals surface area contributed by atoms with Gasteiger partial charge in [-0.1, -0.05) is 38.1 Å². The second-order valence-electron chi connectivity index (χ2n) is 9.75. The molecule has 0 spiro atoms. The second-order valence-corrected chi connectivity index (χ2v) is 9.75. The van der Waals surface area contributed by atoms with Gasteiger partial charge >= 0.3 is 0 Å². The molecule has 32 heavy (non-hydrogen) atoms. The fourth-order valence-corrected chi connectivity index (χ4v) is 5.35. The van der Waals surface area contributed by atoms with Crippen LogP contribution in [0.2, 0.25) is 0 Å². The molecule has 158 valence electrons. The molecule has 0 N–H and O–H groups in total. The lowest BCUT2D eigenvalue weighted by Gasteiger charge is -2.20. The summed E-state index contributed by atoms with van der Waals surface area (Å²) in [4.78, 5) is 9.48. The Morgan fingerprint density at radius 3 is 2.44 bits per heavy atom. The molecule has 0 fully saturated rings. The number of aryl methyl sites for hydroxylation is 1. The van der Waals surface area contributed by atoms with Gasteiger partial charge < -0.3 is 4.42 Å². The van der Waals surface area contributed by atoms with Crippen LogP contribution in [0.1, 0.15) is 56.0 Å². The Balaban J connectivity index is 1.69. The average Bonchev–Trinajstić information content (AvgIpc) is 3.26. The van der Waals surface area contributed by atoms with Crippen LogP contribution in [0, 0.1) is 6.92 Å². The first-order valence-electron chi connectivity index (χ1n) is 11.3. The maximum absolute atomic E-state index is 6.76. The van der Waals surface area contributed by atoms with Crippen molar-refractivity contribution in [1.82, 2.24) is 9.97 Å². The van der Waals surface area contributed by atoms with Crippen molar-refractivity contribution in [1.29, 1.82) is 0 Å². The van der Waals surface area contributed by atoms with Crippen molar-refractivity contribution >= 4 is 21.9 Å². The number of hydrogen-bond donors (Lipinski definition) is 0. The highest BCUT2D eigenvalue weighted by atomic mass is 16.3. The Morgan fingerprint density at radius 2 is 1.62 bits per heavy atom. The van der Waals surface area contributed by atoms with E-state index < -0.39 is 0 Å². The number of furan rings is 1. The zero-order chi connectivity index (χ0) is 22.2. The molecule has 3 heterocycles. The van der Waals surface area contributed by atoms with Gasteiger partial charge in [-0.2, -0.15) is 0 Å². The van der Waals surface area contributed by atoms with Gasteiger partial charge in [0, 0.05) is 45.3 Å². The summed E-state index contributed by atoms with van der Waals surface area (Å²) in [7, 11) is 0. The summed E-state index contributed by atoms with van der Waals surface area (Å²) in [6.45, 7) is 11.1. The smallest absolute Gasteiger partial charge is 0.145 e. The minimum atomic E-state index is -0.218. The lowest BCUT2D eigenvalue weighted by atomic mass is 9.84. The summed E-state index contributed by atoms with van der Waals surface area (Å²) in [5, 5.41) is 2.29. The molecule has 0 amide bonds. The molecule has 0 unspecified atom stereocenters. The number of fused-ring (bicyclic) bond motifs is 7.